The standard InChI is InChI=1S/C23H29FN6O.HI/c1-16-9-10-18(15-19(16)24)22(31)26-12-13-28-23(25-3)27-11-6-14-30-17(2)29-20-7-4-5-8-21(20)30;/h4-5,7-10,15H,6,11-14H2,1-3H3,(H,26,31)(H2,25,27,28);1H. The molecule has 3 rings (SSSR count). The van der Waals surface area contributed by atoms with Gasteiger partial charge in [0.2, 0.25) is 0 Å². The zero-order chi connectivity index (χ0) is 22.2. The Morgan fingerprint density at radius 2 is 1.78 bits per heavy atom. The number of halogens is 2. The molecule has 0 aliphatic heterocycles. The lowest BCUT2D eigenvalue weighted by molar-refractivity contribution is 0.0954. The van der Waals surface area contributed by atoms with E-state index in [0.29, 0.717) is 30.2 Å². The minimum absolute atomic E-state index is 0. The largest absolute Gasteiger partial charge is 0.356 e. The molecule has 1 amide bonds. The van der Waals surface area contributed by atoms with E-state index in [1.807, 2.05) is 25.1 Å². The second-order valence-electron chi connectivity index (χ2n) is 7.30. The zero-order valence-corrected chi connectivity index (χ0v) is 20.9. The minimum Gasteiger partial charge on any atom is -0.356 e. The van der Waals surface area contributed by atoms with Gasteiger partial charge in [0.05, 0.1) is 11.0 Å². The van der Waals surface area contributed by atoms with E-state index in [9.17, 15) is 9.18 Å². The number of nitrogens with zero attached hydrogens (tertiary/aromatic N) is 3. The van der Waals surface area contributed by atoms with Gasteiger partial charge in [-0.05, 0) is 50.1 Å². The zero-order valence-electron chi connectivity index (χ0n) is 18.6. The number of guanidine groups is 1. The minimum atomic E-state index is -0.380. The molecule has 172 valence electrons. The third-order valence-corrected chi connectivity index (χ3v) is 5.06. The van der Waals surface area contributed by atoms with E-state index in [4.69, 9.17) is 0 Å². The summed E-state index contributed by atoms with van der Waals surface area (Å²) in [5.41, 5.74) is 2.99. The normalized spacial score (nSPS) is 11.2. The summed E-state index contributed by atoms with van der Waals surface area (Å²) in [4.78, 5) is 20.9. The Kier molecular flexibility index (Phi) is 9.89. The Morgan fingerprint density at radius 3 is 2.53 bits per heavy atom. The van der Waals surface area contributed by atoms with Gasteiger partial charge < -0.3 is 20.5 Å². The van der Waals surface area contributed by atoms with E-state index >= 15 is 0 Å². The van der Waals surface area contributed by atoms with Crippen molar-refractivity contribution in [2.24, 2.45) is 4.99 Å². The summed E-state index contributed by atoms with van der Waals surface area (Å²) in [6.45, 7) is 6.20. The average molecular weight is 552 g/mol. The summed E-state index contributed by atoms with van der Waals surface area (Å²) in [7, 11) is 1.70. The molecule has 0 atom stereocenters. The maximum atomic E-state index is 13.6. The molecule has 32 heavy (non-hydrogen) atoms. The molecule has 0 spiro atoms. The van der Waals surface area contributed by atoms with Crippen molar-refractivity contribution in [3.63, 3.8) is 0 Å². The van der Waals surface area contributed by atoms with Crippen molar-refractivity contribution in [2.45, 2.75) is 26.8 Å². The molecule has 0 aliphatic carbocycles. The number of rotatable bonds is 8. The molecule has 0 saturated heterocycles. The number of hydrogen-bond acceptors (Lipinski definition) is 3. The molecule has 0 bridgehead atoms. The van der Waals surface area contributed by atoms with E-state index in [2.05, 4.69) is 36.6 Å². The van der Waals surface area contributed by atoms with Crippen molar-refractivity contribution in [3.8, 4) is 0 Å². The van der Waals surface area contributed by atoms with E-state index < -0.39 is 0 Å². The second-order valence-corrected chi connectivity index (χ2v) is 7.30. The highest BCUT2D eigenvalue weighted by Gasteiger charge is 2.08. The number of carbonyl (C=O) groups is 1. The Balaban J connectivity index is 0.00000363. The number of benzene rings is 2. The number of aromatic nitrogens is 2. The molecule has 3 aromatic rings. The van der Waals surface area contributed by atoms with Crippen LogP contribution in [-0.2, 0) is 6.54 Å². The van der Waals surface area contributed by atoms with Crippen molar-refractivity contribution in [2.75, 3.05) is 26.7 Å². The molecule has 0 fully saturated rings. The number of carbonyl (C=O) groups excluding carboxylic acids is 1. The van der Waals surface area contributed by atoms with Crippen molar-refractivity contribution >= 4 is 46.9 Å². The summed E-state index contributed by atoms with van der Waals surface area (Å²) in [5, 5.41) is 9.21. The maximum Gasteiger partial charge on any atom is 0.251 e. The van der Waals surface area contributed by atoms with E-state index in [-0.39, 0.29) is 35.7 Å². The third kappa shape index (κ3) is 6.65. The quantitative estimate of drug-likeness (QED) is 0.173. The number of fused-ring (bicyclic) bond motifs is 1. The van der Waals surface area contributed by atoms with Gasteiger partial charge in [-0.1, -0.05) is 18.2 Å². The van der Waals surface area contributed by atoms with Crippen molar-refractivity contribution in [1.29, 1.82) is 0 Å². The molecule has 0 unspecified atom stereocenters. The summed E-state index contributed by atoms with van der Waals surface area (Å²) in [5.74, 6) is 0.997. The number of nitrogens with one attached hydrogen (secondary N) is 3. The van der Waals surface area contributed by atoms with E-state index in [1.165, 1.54) is 6.07 Å². The molecule has 3 N–H and O–H groups in total. The highest BCUT2D eigenvalue weighted by atomic mass is 127. The average Bonchev–Trinajstić information content (AvgIpc) is 3.09. The Labute approximate surface area is 204 Å². The summed E-state index contributed by atoms with van der Waals surface area (Å²) in [6.07, 6.45) is 0.914. The SMILES string of the molecule is CN=C(NCCCn1c(C)nc2ccccc21)NCCNC(=O)c1ccc(C)c(F)c1.I. The molecule has 0 radical (unpaired) electrons. The first-order valence-electron chi connectivity index (χ1n) is 10.4. The van der Waals surface area contributed by atoms with Crippen LogP contribution in [-0.4, -0.2) is 48.1 Å². The lowest BCUT2D eigenvalue weighted by Gasteiger charge is -2.13. The lowest BCUT2D eigenvalue weighted by Crippen LogP contribution is -2.42. The monoisotopic (exact) mass is 552 g/mol. The van der Waals surface area contributed by atoms with Crippen LogP contribution in [0.25, 0.3) is 11.0 Å². The molecule has 0 saturated carbocycles. The van der Waals surface area contributed by atoms with Crippen LogP contribution < -0.4 is 16.0 Å². The van der Waals surface area contributed by atoms with Crippen LogP contribution in [0.2, 0.25) is 0 Å². The highest BCUT2D eigenvalue weighted by Crippen LogP contribution is 2.15. The predicted molar refractivity (Wildman–Crippen MR) is 137 cm³/mol. The molecular weight excluding hydrogens is 522 g/mol. The molecule has 2 aromatic carbocycles. The number of aryl methyl sites for hydroxylation is 3. The fourth-order valence-electron chi connectivity index (χ4n) is 3.34. The van der Waals surface area contributed by atoms with Crippen LogP contribution in [0.15, 0.2) is 47.5 Å². The number of amides is 1. The van der Waals surface area contributed by atoms with Gasteiger partial charge in [0, 0.05) is 38.8 Å². The first-order chi connectivity index (χ1) is 15.0. The van der Waals surface area contributed by atoms with Gasteiger partial charge in [0.1, 0.15) is 11.6 Å². The molecule has 7 nitrogen and oxygen atoms in total. The molecule has 1 heterocycles. The van der Waals surface area contributed by atoms with Gasteiger partial charge in [-0.15, -0.1) is 24.0 Å². The van der Waals surface area contributed by atoms with Gasteiger partial charge in [0.15, 0.2) is 5.96 Å². The van der Waals surface area contributed by atoms with Crippen LogP contribution in [0.5, 0.6) is 0 Å². The van der Waals surface area contributed by atoms with Crippen LogP contribution in [0.3, 0.4) is 0 Å². The van der Waals surface area contributed by atoms with Gasteiger partial charge in [0.25, 0.3) is 5.91 Å². The number of imidazole rings is 1. The van der Waals surface area contributed by atoms with Crippen molar-refractivity contribution < 1.29 is 9.18 Å². The Morgan fingerprint density at radius 1 is 1.06 bits per heavy atom. The van der Waals surface area contributed by atoms with E-state index in [0.717, 1.165) is 36.4 Å². The van der Waals surface area contributed by atoms with Gasteiger partial charge in [-0.25, -0.2) is 9.37 Å². The van der Waals surface area contributed by atoms with Crippen LogP contribution in [0, 0.1) is 19.7 Å². The summed E-state index contributed by atoms with van der Waals surface area (Å²) >= 11 is 0. The smallest absolute Gasteiger partial charge is 0.251 e. The lowest BCUT2D eigenvalue weighted by atomic mass is 10.1. The van der Waals surface area contributed by atoms with Gasteiger partial charge in [-0.2, -0.15) is 0 Å². The van der Waals surface area contributed by atoms with Crippen LogP contribution in [0.4, 0.5) is 4.39 Å². The molecule has 1 aromatic heterocycles. The highest BCUT2D eigenvalue weighted by molar-refractivity contribution is 14.0. The van der Waals surface area contributed by atoms with Gasteiger partial charge >= 0.3 is 0 Å². The fourth-order valence-corrected chi connectivity index (χ4v) is 3.34. The summed E-state index contributed by atoms with van der Waals surface area (Å²) < 4.78 is 15.8. The molecular formula is C23H30FIN6O. The van der Waals surface area contributed by atoms with Crippen LogP contribution >= 0.6 is 24.0 Å². The number of aliphatic imine (C=N–C) groups is 1. The fraction of sp³-hybridized carbons (Fsp3) is 0.348. The van der Waals surface area contributed by atoms with Crippen molar-refractivity contribution in [3.05, 3.63) is 65.2 Å². The molecule has 0 aliphatic rings. The first-order valence-corrected chi connectivity index (χ1v) is 10.4. The van der Waals surface area contributed by atoms with Gasteiger partial charge in [-0.3, -0.25) is 9.79 Å². The Bertz CT molecular complexity index is 1080. The first kappa shape index (κ1) is 25.6. The van der Waals surface area contributed by atoms with Crippen LogP contribution in [0.1, 0.15) is 28.2 Å². The number of para-hydroxylation sites is 2. The summed E-state index contributed by atoms with van der Waals surface area (Å²) in [6, 6.07) is 12.6. The number of hydrogen-bond donors (Lipinski definition) is 3. The predicted octanol–water partition coefficient (Wildman–Crippen LogP) is 3.40. The topological polar surface area (TPSA) is 83.3 Å². The Hall–Kier alpha value is -2.69. The molecule has 9 heteroatoms. The third-order valence-electron chi connectivity index (χ3n) is 5.06. The van der Waals surface area contributed by atoms with E-state index in [1.54, 1.807) is 26.1 Å². The second kappa shape index (κ2) is 12.4. The van der Waals surface area contributed by atoms with Crippen molar-refractivity contribution in [1.82, 2.24) is 25.5 Å². The maximum absolute atomic E-state index is 13.6.